The lowest BCUT2D eigenvalue weighted by molar-refractivity contribution is -0.394. The molecular weight excluding hydrogens is 268 g/mol. The zero-order valence-corrected chi connectivity index (χ0v) is 10.7. The molecule has 0 unspecified atom stereocenters. The fraction of sp³-hybridized carbons (Fsp3) is 0.333. The molecule has 0 fully saturated rings. The van der Waals surface area contributed by atoms with Crippen molar-refractivity contribution in [2.45, 2.75) is 26.2 Å². The Labute approximate surface area is 113 Å². The molecule has 0 aromatic heterocycles. The van der Waals surface area contributed by atoms with E-state index >= 15 is 0 Å². The van der Waals surface area contributed by atoms with Gasteiger partial charge in [0.25, 0.3) is 11.4 Å². The molecule has 106 valence electrons. The van der Waals surface area contributed by atoms with E-state index in [2.05, 4.69) is 0 Å². The molecule has 0 aliphatic carbocycles. The molecule has 0 saturated heterocycles. The SMILES string of the molecule is CCCC(=O)CC(=O)c1cc([N+](=O)[O-])cc([N+](=O)[O-])c1. The minimum Gasteiger partial charge on any atom is -0.299 e. The van der Waals surface area contributed by atoms with Crippen LogP contribution in [-0.4, -0.2) is 21.4 Å². The molecule has 8 heteroatoms. The van der Waals surface area contributed by atoms with Crippen LogP contribution in [0.5, 0.6) is 0 Å². The monoisotopic (exact) mass is 280 g/mol. The van der Waals surface area contributed by atoms with Gasteiger partial charge in [-0.3, -0.25) is 29.8 Å². The lowest BCUT2D eigenvalue weighted by Crippen LogP contribution is -2.08. The first kappa shape index (κ1) is 15.4. The second kappa shape index (κ2) is 6.50. The average Bonchev–Trinajstić information content (AvgIpc) is 2.38. The van der Waals surface area contributed by atoms with Gasteiger partial charge in [0.1, 0.15) is 5.78 Å². The van der Waals surface area contributed by atoms with Crippen molar-refractivity contribution in [2.24, 2.45) is 0 Å². The molecule has 0 amide bonds. The van der Waals surface area contributed by atoms with Crippen LogP contribution >= 0.6 is 0 Å². The third-order valence-electron chi connectivity index (χ3n) is 2.53. The third-order valence-corrected chi connectivity index (χ3v) is 2.53. The Morgan fingerprint density at radius 2 is 1.55 bits per heavy atom. The normalized spacial score (nSPS) is 10.1. The number of non-ortho nitro benzene ring substituents is 2. The fourth-order valence-electron chi connectivity index (χ4n) is 1.62. The van der Waals surface area contributed by atoms with Crippen LogP contribution in [0.2, 0.25) is 0 Å². The molecule has 8 nitrogen and oxygen atoms in total. The quantitative estimate of drug-likeness (QED) is 0.327. The second-order valence-corrected chi connectivity index (χ2v) is 4.14. The smallest absolute Gasteiger partial charge is 0.277 e. The van der Waals surface area contributed by atoms with Crippen molar-refractivity contribution < 1.29 is 19.4 Å². The van der Waals surface area contributed by atoms with E-state index in [9.17, 15) is 29.8 Å². The lowest BCUT2D eigenvalue weighted by atomic mass is 10.0. The fourth-order valence-corrected chi connectivity index (χ4v) is 1.62. The highest BCUT2D eigenvalue weighted by atomic mass is 16.6. The number of ketones is 2. The summed E-state index contributed by atoms with van der Waals surface area (Å²) in [7, 11) is 0. The summed E-state index contributed by atoms with van der Waals surface area (Å²) in [5.41, 5.74) is -1.30. The van der Waals surface area contributed by atoms with Gasteiger partial charge in [0, 0.05) is 24.1 Å². The van der Waals surface area contributed by atoms with Gasteiger partial charge in [0.05, 0.1) is 22.3 Å². The van der Waals surface area contributed by atoms with Crippen molar-refractivity contribution in [1.29, 1.82) is 0 Å². The first-order valence-electron chi connectivity index (χ1n) is 5.84. The van der Waals surface area contributed by atoms with Crippen molar-refractivity contribution in [3.05, 3.63) is 44.0 Å². The van der Waals surface area contributed by atoms with Crippen molar-refractivity contribution in [1.82, 2.24) is 0 Å². The Kier molecular flexibility index (Phi) is 5.01. The molecule has 0 bridgehead atoms. The molecule has 0 atom stereocenters. The number of nitrogens with zero attached hydrogens (tertiary/aromatic N) is 2. The summed E-state index contributed by atoms with van der Waals surface area (Å²) in [6.07, 6.45) is 0.399. The van der Waals surface area contributed by atoms with E-state index in [1.165, 1.54) is 0 Å². The van der Waals surface area contributed by atoms with E-state index in [0.29, 0.717) is 6.42 Å². The molecule has 20 heavy (non-hydrogen) atoms. The van der Waals surface area contributed by atoms with Gasteiger partial charge in [-0.2, -0.15) is 0 Å². The van der Waals surface area contributed by atoms with Crippen LogP contribution in [0.3, 0.4) is 0 Å². The maximum Gasteiger partial charge on any atom is 0.277 e. The van der Waals surface area contributed by atoms with E-state index in [1.54, 1.807) is 6.92 Å². The number of hydrogen-bond acceptors (Lipinski definition) is 6. The van der Waals surface area contributed by atoms with Crippen molar-refractivity contribution in [3.8, 4) is 0 Å². The van der Waals surface area contributed by atoms with E-state index in [4.69, 9.17) is 0 Å². The van der Waals surface area contributed by atoms with Crippen LogP contribution in [0, 0.1) is 20.2 Å². The first-order chi connectivity index (χ1) is 9.35. The largest absolute Gasteiger partial charge is 0.299 e. The van der Waals surface area contributed by atoms with Crippen LogP contribution in [-0.2, 0) is 4.79 Å². The molecule has 0 radical (unpaired) electrons. The van der Waals surface area contributed by atoms with Crippen LogP contribution in [0.4, 0.5) is 11.4 Å². The molecule has 0 N–H and O–H groups in total. The van der Waals surface area contributed by atoms with E-state index in [1.807, 2.05) is 0 Å². The van der Waals surface area contributed by atoms with E-state index < -0.39 is 33.4 Å². The molecule has 0 spiro atoms. The minimum absolute atomic E-state index is 0.199. The standard InChI is InChI=1S/C12H12N2O6/c1-2-3-11(15)7-12(16)8-4-9(13(17)18)6-10(5-8)14(19)20/h4-6H,2-3,7H2,1H3. The predicted octanol–water partition coefficient (Wildman–Crippen LogP) is 2.45. The zero-order valence-electron chi connectivity index (χ0n) is 10.7. The van der Waals surface area contributed by atoms with Gasteiger partial charge in [-0.1, -0.05) is 6.92 Å². The van der Waals surface area contributed by atoms with Crippen LogP contribution in [0.25, 0.3) is 0 Å². The number of benzene rings is 1. The Bertz CT molecular complexity index is 549. The zero-order chi connectivity index (χ0) is 15.3. The minimum atomic E-state index is -0.822. The summed E-state index contributed by atoms with van der Waals surface area (Å²) in [5, 5.41) is 21.4. The Morgan fingerprint density at radius 3 is 1.95 bits per heavy atom. The number of hydrogen-bond donors (Lipinski definition) is 0. The number of rotatable bonds is 7. The second-order valence-electron chi connectivity index (χ2n) is 4.14. The Hall–Kier alpha value is -2.64. The maximum atomic E-state index is 11.8. The highest BCUT2D eigenvalue weighted by molar-refractivity contribution is 6.08. The Balaban J connectivity index is 3.10. The number of nitro groups is 2. The third kappa shape index (κ3) is 3.94. The predicted molar refractivity (Wildman–Crippen MR) is 68.6 cm³/mol. The van der Waals surface area contributed by atoms with Crippen molar-refractivity contribution in [2.75, 3.05) is 0 Å². The van der Waals surface area contributed by atoms with Gasteiger partial charge in [-0.05, 0) is 6.42 Å². The van der Waals surface area contributed by atoms with Gasteiger partial charge in [0.2, 0.25) is 0 Å². The number of carbonyl (C=O) groups is 2. The summed E-state index contributed by atoms with van der Waals surface area (Å²) in [6, 6.07) is 2.65. The van der Waals surface area contributed by atoms with Gasteiger partial charge >= 0.3 is 0 Å². The summed E-state index contributed by atoms with van der Waals surface area (Å²) in [5.74, 6) is -0.957. The van der Waals surface area contributed by atoms with Crippen LogP contribution in [0.15, 0.2) is 18.2 Å². The molecular formula is C12H12N2O6. The molecule has 0 aliphatic rings. The summed E-state index contributed by atoms with van der Waals surface area (Å²) >= 11 is 0. The molecule has 0 heterocycles. The molecule has 0 aliphatic heterocycles. The highest BCUT2D eigenvalue weighted by Gasteiger charge is 2.20. The van der Waals surface area contributed by atoms with E-state index in [0.717, 1.165) is 18.2 Å². The summed E-state index contributed by atoms with van der Waals surface area (Å²) in [4.78, 5) is 42.9. The van der Waals surface area contributed by atoms with Crippen LogP contribution < -0.4 is 0 Å². The summed E-state index contributed by atoms with van der Waals surface area (Å²) in [6.45, 7) is 1.78. The lowest BCUT2D eigenvalue weighted by Gasteiger charge is -2.01. The van der Waals surface area contributed by atoms with Crippen molar-refractivity contribution >= 4 is 22.9 Å². The molecule has 0 saturated carbocycles. The van der Waals surface area contributed by atoms with Crippen molar-refractivity contribution in [3.63, 3.8) is 0 Å². The maximum absolute atomic E-state index is 11.8. The van der Waals surface area contributed by atoms with Gasteiger partial charge < -0.3 is 0 Å². The van der Waals surface area contributed by atoms with Gasteiger partial charge in [0.15, 0.2) is 5.78 Å². The number of Topliss-reactive ketones (excluding diaryl/α,β-unsaturated/α-hetero) is 2. The van der Waals surface area contributed by atoms with Crippen LogP contribution in [0.1, 0.15) is 36.5 Å². The molecule has 1 aromatic carbocycles. The highest BCUT2D eigenvalue weighted by Crippen LogP contribution is 2.23. The number of nitro benzene ring substituents is 2. The Morgan fingerprint density at radius 1 is 1.05 bits per heavy atom. The first-order valence-corrected chi connectivity index (χ1v) is 5.84. The van der Waals surface area contributed by atoms with Gasteiger partial charge in [-0.25, -0.2) is 0 Å². The number of carbonyl (C=O) groups excluding carboxylic acids is 2. The summed E-state index contributed by atoms with van der Waals surface area (Å²) < 4.78 is 0. The van der Waals surface area contributed by atoms with E-state index in [-0.39, 0.29) is 17.8 Å². The topological polar surface area (TPSA) is 120 Å². The molecule has 1 aromatic rings. The van der Waals surface area contributed by atoms with Gasteiger partial charge in [-0.15, -0.1) is 0 Å². The average molecular weight is 280 g/mol. The molecule has 1 rings (SSSR count).